The van der Waals surface area contributed by atoms with Gasteiger partial charge in [-0.25, -0.2) is 0 Å². The number of nitrogens with one attached hydrogen (secondary N) is 2. The van der Waals surface area contributed by atoms with E-state index in [9.17, 15) is 9.59 Å². The number of hydrogen-bond donors (Lipinski definition) is 2. The average molecular weight is 377 g/mol. The quantitative estimate of drug-likeness (QED) is 0.757. The van der Waals surface area contributed by atoms with E-state index >= 15 is 0 Å². The first-order chi connectivity index (χ1) is 12.4. The third kappa shape index (κ3) is 5.13. The van der Waals surface area contributed by atoms with Gasteiger partial charge in [-0.2, -0.15) is 0 Å². The lowest BCUT2D eigenvalue weighted by Gasteiger charge is -2.15. The molecule has 0 saturated heterocycles. The van der Waals surface area contributed by atoms with Crippen LogP contribution in [0.3, 0.4) is 0 Å². The number of methoxy groups -OCH3 is 1. The van der Waals surface area contributed by atoms with E-state index in [2.05, 4.69) is 10.9 Å². The third-order valence-electron chi connectivity index (χ3n) is 3.38. The van der Waals surface area contributed by atoms with Crippen molar-refractivity contribution in [2.75, 3.05) is 13.7 Å². The number of halogens is 1. The van der Waals surface area contributed by atoms with E-state index in [1.54, 1.807) is 30.3 Å². The van der Waals surface area contributed by atoms with Gasteiger partial charge in [0.25, 0.3) is 11.8 Å². The van der Waals surface area contributed by atoms with Crippen molar-refractivity contribution >= 4 is 23.4 Å². The first kappa shape index (κ1) is 19.6. The monoisotopic (exact) mass is 376 g/mol. The van der Waals surface area contributed by atoms with Crippen LogP contribution in [-0.4, -0.2) is 25.5 Å². The predicted octanol–water partition coefficient (Wildman–Crippen LogP) is 3.46. The zero-order valence-corrected chi connectivity index (χ0v) is 15.6. The van der Waals surface area contributed by atoms with Crippen LogP contribution in [0, 0.1) is 5.92 Å². The maximum atomic E-state index is 12.3. The van der Waals surface area contributed by atoms with Crippen molar-refractivity contribution < 1.29 is 19.1 Å². The van der Waals surface area contributed by atoms with Crippen LogP contribution in [-0.2, 0) is 0 Å². The summed E-state index contributed by atoms with van der Waals surface area (Å²) in [6.45, 7) is 4.49. The van der Waals surface area contributed by atoms with Crippen LogP contribution in [0.15, 0.2) is 42.5 Å². The molecule has 7 heteroatoms. The Bertz CT molecular complexity index is 779. The van der Waals surface area contributed by atoms with Crippen LogP contribution in [0.25, 0.3) is 0 Å². The van der Waals surface area contributed by atoms with E-state index in [1.807, 2.05) is 13.8 Å². The third-order valence-corrected chi connectivity index (χ3v) is 3.66. The van der Waals surface area contributed by atoms with Gasteiger partial charge in [-0.3, -0.25) is 20.4 Å². The van der Waals surface area contributed by atoms with E-state index in [-0.39, 0.29) is 10.6 Å². The second-order valence-corrected chi connectivity index (χ2v) is 6.38. The minimum Gasteiger partial charge on any atom is -0.493 e. The molecule has 0 aromatic heterocycles. The van der Waals surface area contributed by atoms with E-state index in [0.29, 0.717) is 29.6 Å². The summed E-state index contributed by atoms with van der Waals surface area (Å²) in [5.74, 6) is 0.0937. The Hall–Kier alpha value is -2.73. The molecule has 26 heavy (non-hydrogen) atoms. The molecule has 138 valence electrons. The van der Waals surface area contributed by atoms with Gasteiger partial charge in [0.2, 0.25) is 0 Å². The maximum Gasteiger partial charge on any atom is 0.269 e. The average Bonchev–Trinajstić information content (AvgIpc) is 2.64. The lowest BCUT2D eigenvalue weighted by Crippen LogP contribution is -2.41. The van der Waals surface area contributed by atoms with Gasteiger partial charge >= 0.3 is 0 Å². The van der Waals surface area contributed by atoms with Crippen LogP contribution in [0.1, 0.15) is 34.6 Å². The molecule has 0 aliphatic heterocycles. The topological polar surface area (TPSA) is 76.7 Å². The second kappa shape index (κ2) is 9.10. The Labute approximate surface area is 157 Å². The summed E-state index contributed by atoms with van der Waals surface area (Å²) in [4.78, 5) is 24.3. The second-order valence-electron chi connectivity index (χ2n) is 5.97. The van der Waals surface area contributed by atoms with Gasteiger partial charge in [0.05, 0.1) is 18.7 Å². The summed E-state index contributed by atoms with van der Waals surface area (Å²) >= 11 is 6.23. The molecular formula is C19H21ClN2O4. The molecular weight excluding hydrogens is 356 g/mol. The van der Waals surface area contributed by atoms with Crippen molar-refractivity contribution in [1.82, 2.24) is 10.9 Å². The normalized spacial score (nSPS) is 10.3. The molecule has 0 aliphatic carbocycles. The maximum absolute atomic E-state index is 12.3. The largest absolute Gasteiger partial charge is 0.493 e. The molecule has 2 rings (SSSR count). The zero-order valence-electron chi connectivity index (χ0n) is 14.8. The van der Waals surface area contributed by atoms with Gasteiger partial charge in [0, 0.05) is 11.1 Å². The van der Waals surface area contributed by atoms with E-state index < -0.39 is 11.8 Å². The highest BCUT2D eigenvalue weighted by Crippen LogP contribution is 2.36. The number of hydrazine groups is 1. The minimum absolute atomic E-state index is 0.233. The molecule has 0 atom stereocenters. The highest BCUT2D eigenvalue weighted by molar-refractivity contribution is 6.32. The first-order valence-electron chi connectivity index (χ1n) is 8.08. The van der Waals surface area contributed by atoms with Crippen molar-refractivity contribution in [2.45, 2.75) is 13.8 Å². The number of rotatable bonds is 6. The van der Waals surface area contributed by atoms with Crippen LogP contribution in [0.4, 0.5) is 0 Å². The summed E-state index contributed by atoms with van der Waals surface area (Å²) in [5, 5.41) is 0.254. The number of ether oxygens (including phenoxy) is 2. The fraction of sp³-hybridized carbons (Fsp3) is 0.263. The van der Waals surface area contributed by atoms with Crippen molar-refractivity contribution in [1.29, 1.82) is 0 Å². The predicted molar refractivity (Wildman–Crippen MR) is 99.7 cm³/mol. The molecule has 2 amide bonds. The highest BCUT2D eigenvalue weighted by atomic mass is 35.5. The summed E-state index contributed by atoms with van der Waals surface area (Å²) in [6, 6.07) is 11.5. The van der Waals surface area contributed by atoms with Gasteiger partial charge in [-0.15, -0.1) is 0 Å². The summed E-state index contributed by atoms with van der Waals surface area (Å²) in [6.07, 6.45) is 0. The molecule has 0 unspecified atom stereocenters. The molecule has 2 aromatic rings. The highest BCUT2D eigenvalue weighted by Gasteiger charge is 2.17. The van der Waals surface area contributed by atoms with Crippen LogP contribution in [0.2, 0.25) is 5.02 Å². The van der Waals surface area contributed by atoms with Crippen LogP contribution < -0.4 is 20.3 Å². The molecule has 0 radical (unpaired) electrons. The van der Waals surface area contributed by atoms with Crippen LogP contribution >= 0.6 is 11.6 Å². The Morgan fingerprint density at radius 2 is 1.65 bits per heavy atom. The lowest BCUT2D eigenvalue weighted by atomic mass is 10.2. The summed E-state index contributed by atoms with van der Waals surface area (Å²) < 4.78 is 10.9. The molecule has 0 spiro atoms. The molecule has 2 aromatic carbocycles. The van der Waals surface area contributed by atoms with Crippen molar-refractivity contribution in [3.8, 4) is 11.5 Å². The van der Waals surface area contributed by atoms with E-state index in [1.165, 1.54) is 19.2 Å². The van der Waals surface area contributed by atoms with Crippen molar-refractivity contribution in [3.05, 3.63) is 58.6 Å². The van der Waals surface area contributed by atoms with Gasteiger partial charge < -0.3 is 9.47 Å². The minimum atomic E-state index is -0.523. The first-order valence-corrected chi connectivity index (χ1v) is 8.46. The lowest BCUT2D eigenvalue weighted by molar-refractivity contribution is 0.0846. The Morgan fingerprint density at radius 3 is 2.23 bits per heavy atom. The Morgan fingerprint density at radius 1 is 1.04 bits per heavy atom. The number of carbonyl (C=O) groups is 2. The molecule has 0 heterocycles. The van der Waals surface area contributed by atoms with Gasteiger partial charge in [0.1, 0.15) is 0 Å². The van der Waals surface area contributed by atoms with Gasteiger partial charge in [0.15, 0.2) is 11.5 Å². The molecule has 0 bridgehead atoms. The number of carbonyl (C=O) groups excluding carboxylic acids is 2. The Balaban J connectivity index is 2.09. The van der Waals surface area contributed by atoms with Crippen molar-refractivity contribution in [3.63, 3.8) is 0 Å². The number of hydrogen-bond acceptors (Lipinski definition) is 4. The van der Waals surface area contributed by atoms with E-state index in [0.717, 1.165) is 0 Å². The van der Waals surface area contributed by atoms with Crippen molar-refractivity contribution in [2.24, 2.45) is 5.92 Å². The number of benzene rings is 2. The molecule has 0 aliphatic rings. The summed E-state index contributed by atoms with van der Waals surface area (Å²) in [7, 11) is 1.47. The SMILES string of the molecule is COc1cc(C(=O)NNC(=O)c2ccccc2)cc(Cl)c1OCC(C)C. The fourth-order valence-electron chi connectivity index (χ4n) is 2.09. The molecule has 0 fully saturated rings. The molecule has 6 nitrogen and oxygen atoms in total. The zero-order chi connectivity index (χ0) is 19.1. The standard InChI is InChI=1S/C19H21ClN2O4/c1-12(2)11-26-17-15(20)9-14(10-16(17)25-3)19(24)22-21-18(23)13-7-5-4-6-8-13/h4-10,12H,11H2,1-3H3,(H,21,23)(H,22,24). The van der Waals surface area contributed by atoms with Gasteiger partial charge in [-0.1, -0.05) is 43.6 Å². The van der Waals surface area contributed by atoms with E-state index in [4.69, 9.17) is 21.1 Å². The fourth-order valence-corrected chi connectivity index (χ4v) is 2.35. The smallest absolute Gasteiger partial charge is 0.269 e. The molecule has 2 N–H and O–H groups in total. The Kier molecular flexibility index (Phi) is 6.86. The van der Waals surface area contributed by atoms with Gasteiger partial charge in [-0.05, 0) is 30.2 Å². The summed E-state index contributed by atoms with van der Waals surface area (Å²) in [5.41, 5.74) is 5.37. The number of amides is 2. The molecule has 0 saturated carbocycles. The van der Waals surface area contributed by atoms with Crippen LogP contribution in [0.5, 0.6) is 11.5 Å².